The molecule has 1 unspecified atom stereocenters. The van der Waals surface area contributed by atoms with Crippen molar-refractivity contribution in [1.82, 2.24) is 10.3 Å². The van der Waals surface area contributed by atoms with Gasteiger partial charge in [-0.3, -0.25) is 0 Å². The topological polar surface area (TPSA) is 34.1 Å². The van der Waals surface area contributed by atoms with E-state index in [1.807, 2.05) is 6.20 Å². The van der Waals surface area contributed by atoms with Crippen LogP contribution < -0.4 is 5.32 Å². The predicted molar refractivity (Wildman–Crippen MR) is 59.9 cm³/mol. The number of nitrogens with zero attached hydrogens (tertiary/aromatic N) is 1. The Balaban J connectivity index is 1.59. The van der Waals surface area contributed by atoms with Gasteiger partial charge >= 0.3 is 0 Å². The van der Waals surface area contributed by atoms with Gasteiger partial charge in [0.15, 0.2) is 0 Å². The molecule has 1 aromatic heterocycles. The van der Waals surface area contributed by atoms with Crippen LogP contribution in [0.3, 0.4) is 0 Å². The zero-order chi connectivity index (χ0) is 10.1. The Morgan fingerprint density at radius 2 is 2.40 bits per heavy atom. The van der Waals surface area contributed by atoms with Crippen molar-refractivity contribution in [2.75, 3.05) is 6.61 Å². The van der Waals surface area contributed by atoms with Crippen LogP contribution in [-0.2, 0) is 11.3 Å². The molecule has 1 aliphatic heterocycles. The summed E-state index contributed by atoms with van der Waals surface area (Å²) in [4.78, 5) is 5.79. The van der Waals surface area contributed by atoms with Gasteiger partial charge in [-0.25, -0.2) is 4.98 Å². The van der Waals surface area contributed by atoms with Crippen molar-refractivity contribution in [2.24, 2.45) is 0 Å². The quantitative estimate of drug-likeness (QED) is 0.851. The molecule has 2 heterocycles. The van der Waals surface area contributed by atoms with Crippen LogP contribution in [0.4, 0.5) is 0 Å². The van der Waals surface area contributed by atoms with Gasteiger partial charge in [0.2, 0.25) is 0 Å². The van der Waals surface area contributed by atoms with Crippen molar-refractivity contribution in [1.29, 1.82) is 0 Å². The molecule has 1 saturated heterocycles. The van der Waals surface area contributed by atoms with Gasteiger partial charge in [-0.2, -0.15) is 0 Å². The Morgan fingerprint density at radius 1 is 1.47 bits per heavy atom. The molecule has 3 rings (SSSR count). The van der Waals surface area contributed by atoms with E-state index >= 15 is 0 Å². The molecule has 0 amide bonds. The molecule has 15 heavy (non-hydrogen) atoms. The molecule has 1 aliphatic carbocycles. The number of ether oxygens (including phenoxy) is 1. The fourth-order valence-electron chi connectivity index (χ4n) is 1.86. The molecule has 82 valence electrons. The first-order valence-electron chi connectivity index (χ1n) is 5.71. The van der Waals surface area contributed by atoms with E-state index < -0.39 is 0 Å². The first kappa shape index (κ1) is 9.75. The Bertz CT molecular complexity index is 329. The number of rotatable bonds is 4. The van der Waals surface area contributed by atoms with Crippen LogP contribution in [0, 0.1) is 0 Å². The summed E-state index contributed by atoms with van der Waals surface area (Å²) >= 11 is 1.80. The highest BCUT2D eigenvalue weighted by Gasteiger charge is 2.22. The number of hydrogen-bond acceptors (Lipinski definition) is 4. The SMILES string of the molecule is c1nc(C2CCCO2)sc1CNC1CC1. The highest BCUT2D eigenvalue weighted by molar-refractivity contribution is 7.11. The van der Waals surface area contributed by atoms with Crippen LogP contribution in [0.1, 0.15) is 41.7 Å². The van der Waals surface area contributed by atoms with Crippen molar-refractivity contribution in [2.45, 2.75) is 44.4 Å². The lowest BCUT2D eigenvalue weighted by Crippen LogP contribution is -2.14. The van der Waals surface area contributed by atoms with Crippen molar-refractivity contribution < 1.29 is 4.74 Å². The third-order valence-electron chi connectivity index (χ3n) is 2.92. The number of nitrogens with one attached hydrogen (secondary N) is 1. The summed E-state index contributed by atoms with van der Waals surface area (Å²) in [6.07, 6.45) is 7.29. The summed E-state index contributed by atoms with van der Waals surface area (Å²) < 4.78 is 5.62. The molecule has 0 bridgehead atoms. The molecule has 3 nitrogen and oxygen atoms in total. The molecule has 0 aromatic carbocycles. The van der Waals surface area contributed by atoms with Crippen molar-refractivity contribution in [3.05, 3.63) is 16.1 Å². The molecule has 0 spiro atoms. The molecule has 0 radical (unpaired) electrons. The van der Waals surface area contributed by atoms with Gasteiger partial charge in [0, 0.05) is 30.3 Å². The van der Waals surface area contributed by atoms with Gasteiger partial charge in [-0.1, -0.05) is 0 Å². The second-order valence-corrected chi connectivity index (χ2v) is 5.47. The van der Waals surface area contributed by atoms with E-state index in [0.29, 0.717) is 0 Å². The molecule has 1 saturated carbocycles. The minimum absolute atomic E-state index is 0.282. The highest BCUT2D eigenvalue weighted by Crippen LogP contribution is 2.31. The Labute approximate surface area is 93.9 Å². The smallest absolute Gasteiger partial charge is 0.122 e. The second kappa shape index (κ2) is 4.20. The minimum Gasteiger partial charge on any atom is -0.371 e. The third-order valence-corrected chi connectivity index (χ3v) is 4.01. The summed E-state index contributed by atoms with van der Waals surface area (Å²) in [5.74, 6) is 0. The summed E-state index contributed by atoms with van der Waals surface area (Å²) in [5.41, 5.74) is 0. The third kappa shape index (κ3) is 2.38. The molecule has 2 fully saturated rings. The molecular weight excluding hydrogens is 208 g/mol. The number of thiazole rings is 1. The van der Waals surface area contributed by atoms with Gasteiger partial charge in [0.25, 0.3) is 0 Å². The van der Waals surface area contributed by atoms with Crippen LogP contribution in [0.2, 0.25) is 0 Å². The van der Waals surface area contributed by atoms with Crippen LogP contribution >= 0.6 is 11.3 Å². The second-order valence-electron chi connectivity index (χ2n) is 4.32. The number of aromatic nitrogens is 1. The first-order chi connectivity index (χ1) is 7.42. The van der Waals surface area contributed by atoms with Crippen molar-refractivity contribution in [3.8, 4) is 0 Å². The minimum atomic E-state index is 0.282. The van der Waals surface area contributed by atoms with E-state index in [-0.39, 0.29) is 6.10 Å². The zero-order valence-corrected chi connectivity index (χ0v) is 9.55. The normalized spacial score (nSPS) is 26.0. The van der Waals surface area contributed by atoms with Crippen LogP contribution in [0.25, 0.3) is 0 Å². The summed E-state index contributed by atoms with van der Waals surface area (Å²) in [5, 5.41) is 4.67. The Morgan fingerprint density at radius 3 is 3.13 bits per heavy atom. The number of hydrogen-bond donors (Lipinski definition) is 1. The first-order valence-corrected chi connectivity index (χ1v) is 6.53. The predicted octanol–water partition coefficient (Wildman–Crippen LogP) is 2.25. The fraction of sp³-hybridized carbons (Fsp3) is 0.727. The summed E-state index contributed by atoms with van der Waals surface area (Å²) in [7, 11) is 0. The lowest BCUT2D eigenvalue weighted by Gasteiger charge is -2.03. The van der Waals surface area contributed by atoms with Crippen LogP contribution in [0.5, 0.6) is 0 Å². The molecule has 4 heteroatoms. The highest BCUT2D eigenvalue weighted by atomic mass is 32.1. The van der Waals surface area contributed by atoms with Crippen molar-refractivity contribution in [3.63, 3.8) is 0 Å². The van der Waals surface area contributed by atoms with E-state index in [1.165, 1.54) is 29.1 Å². The average molecular weight is 224 g/mol. The standard InChI is InChI=1S/C11H16N2OS/c1-2-10(14-5-1)11-13-7-9(15-11)6-12-8-3-4-8/h7-8,10,12H,1-6H2. The van der Waals surface area contributed by atoms with E-state index in [1.54, 1.807) is 11.3 Å². The van der Waals surface area contributed by atoms with E-state index in [2.05, 4.69) is 10.3 Å². The molecule has 2 aliphatic rings. The van der Waals surface area contributed by atoms with Gasteiger partial charge in [0.1, 0.15) is 11.1 Å². The molecular formula is C11H16N2OS. The van der Waals surface area contributed by atoms with Gasteiger partial charge in [0.05, 0.1) is 0 Å². The summed E-state index contributed by atoms with van der Waals surface area (Å²) in [6.45, 7) is 1.88. The summed E-state index contributed by atoms with van der Waals surface area (Å²) in [6, 6.07) is 0.776. The van der Waals surface area contributed by atoms with E-state index in [4.69, 9.17) is 4.74 Å². The molecule has 1 aromatic rings. The monoisotopic (exact) mass is 224 g/mol. The maximum absolute atomic E-state index is 5.62. The van der Waals surface area contributed by atoms with Crippen molar-refractivity contribution >= 4 is 11.3 Å². The molecule has 1 N–H and O–H groups in total. The van der Waals surface area contributed by atoms with Crippen LogP contribution in [-0.4, -0.2) is 17.6 Å². The van der Waals surface area contributed by atoms with E-state index in [9.17, 15) is 0 Å². The van der Waals surface area contributed by atoms with Gasteiger partial charge in [-0.15, -0.1) is 11.3 Å². The maximum atomic E-state index is 5.62. The zero-order valence-electron chi connectivity index (χ0n) is 8.74. The Hall–Kier alpha value is -0.450. The fourth-order valence-corrected chi connectivity index (χ4v) is 2.81. The largest absolute Gasteiger partial charge is 0.371 e. The van der Waals surface area contributed by atoms with E-state index in [0.717, 1.165) is 25.6 Å². The van der Waals surface area contributed by atoms with Gasteiger partial charge in [-0.05, 0) is 25.7 Å². The lowest BCUT2D eigenvalue weighted by atomic mass is 10.2. The van der Waals surface area contributed by atoms with Crippen LogP contribution in [0.15, 0.2) is 6.20 Å². The van der Waals surface area contributed by atoms with Gasteiger partial charge < -0.3 is 10.1 Å². The lowest BCUT2D eigenvalue weighted by molar-refractivity contribution is 0.111. The average Bonchev–Trinajstić information content (AvgIpc) is 2.78. The molecule has 1 atom stereocenters. The Kier molecular flexibility index (Phi) is 2.73. The maximum Gasteiger partial charge on any atom is 0.122 e.